The Morgan fingerprint density at radius 3 is 1.40 bits per heavy atom. The van der Waals surface area contributed by atoms with E-state index in [2.05, 4.69) is 10.6 Å². The largest absolute Gasteiger partial charge is 0.396 e. The van der Waals surface area contributed by atoms with Crippen LogP contribution in [0.5, 0.6) is 0 Å². The molecular weight excluding hydrogens is 795 g/mol. The predicted octanol–water partition coefficient (Wildman–Crippen LogP) is 4.64. The van der Waals surface area contributed by atoms with Gasteiger partial charge in [-0.05, 0) is 87.4 Å². The molecule has 14 heteroatoms. The zero-order valence-corrected chi connectivity index (χ0v) is 35.6. The number of benzene rings is 2. The summed E-state index contributed by atoms with van der Waals surface area (Å²) in [6, 6.07) is 18.6. The number of amides is 2. The minimum absolute atomic E-state index is 0.0676. The SMILES string of the molecule is C/C=C/c1ccc2n(c1=O)C[C@@H]1[C@@H](CO)[C@H](C(=O)NCC)N(Cc3cccc(F)c3)[C@H]21.C/C=C\c1ccc2n(c1=O)C[C@@H]1[C@@H](CO)[C@H](C(=O)NCC)N(Cc3cccc(F)c3)[C@H]21. The van der Waals surface area contributed by atoms with E-state index in [1.54, 1.807) is 33.4 Å². The molecule has 0 unspecified atom stereocenters. The van der Waals surface area contributed by atoms with Crippen LogP contribution in [-0.4, -0.2) is 79.3 Å². The van der Waals surface area contributed by atoms with Crippen LogP contribution in [0.15, 0.2) is 94.5 Å². The normalized spacial score (nSPS) is 25.0. The van der Waals surface area contributed by atoms with E-state index in [1.165, 1.54) is 24.3 Å². The highest BCUT2D eigenvalue weighted by atomic mass is 19.1. The van der Waals surface area contributed by atoms with Crippen molar-refractivity contribution in [3.8, 4) is 0 Å². The van der Waals surface area contributed by atoms with E-state index < -0.39 is 12.1 Å². The fraction of sp³-hybridized carbons (Fsp3) is 0.417. The third-order valence-corrected chi connectivity index (χ3v) is 12.9. The highest BCUT2D eigenvalue weighted by Gasteiger charge is 2.56. The van der Waals surface area contributed by atoms with Crippen LogP contribution in [0.3, 0.4) is 0 Å². The van der Waals surface area contributed by atoms with Crippen molar-refractivity contribution in [1.29, 1.82) is 0 Å². The van der Waals surface area contributed by atoms with E-state index in [0.717, 1.165) is 22.5 Å². The third kappa shape index (κ3) is 8.36. The lowest BCUT2D eigenvalue weighted by Gasteiger charge is -2.30. The van der Waals surface area contributed by atoms with E-state index in [-0.39, 0.29) is 83.5 Å². The van der Waals surface area contributed by atoms with Crippen LogP contribution in [0.4, 0.5) is 8.78 Å². The Balaban J connectivity index is 0.000000186. The number of carbonyl (C=O) groups is 2. The van der Waals surface area contributed by atoms with Crippen LogP contribution < -0.4 is 21.8 Å². The van der Waals surface area contributed by atoms with Crippen molar-refractivity contribution in [2.75, 3.05) is 26.3 Å². The van der Waals surface area contributed by atoms with Crippen LogP contribution in [0.25, 0.3) is 12.2 Å². The smallest absolute Gasteiger partial charge is 0.258 e. The van der Waals surface area contributed by atoms with Gasteiger partial charge in [-0.15, -0.1) is 0 Å². The lowest BCUT2D eigenvalue weighted by atomic mass is 9.88. The van der Waals surface area contributed by atoms with Crippen LogP contribution in [0, 0.1) is 35.3 Å². The second-order valence-electron chi connectivity index (χ2n) is 16.5. The second-order valence-corrected chi connectivity index (χ2v) is 16.5. The van der Waals surface area contributed by atoms with Crippen molar-refractivity contribution >= 4 is 24.0 Å². The third-order valence-electron chi connectivity index (χ3n) is 12.9. The number of carbonyl (C=O) groups excluding carboxylic acids is 2. The van der Waals surface area contributed by atoms with Crippen molar-refractivity contribution in [3.63, 3.8) is 0 Å². The number of hydrogen-bond donors (Lipinski definition) is 4. The van der Waals surface area contributed by atoms with Crippen LogP contribution in [0.1, 0.15) is 73.4 Å². The van der Waals surface area contributed by atoms with Gasteiger partial charge in [-0.25, -0.2) is 8.78 Å². The number of nitrogens with one attached hydrogen (secondary N) is 2. The van der Waals surface area contributed by atoms with E-state index in [9.17, 15) is 38.2 Å². The van der Waals surface area contributed by atoms with Crippen molar-refractivity contribution in [2.24, 2.45) is 23.7 Å². The lowest BCUT2D eigenvalue weighted by Crippen LogP contribution is -2.48. The molecule has 2 fully saturated rings. The molecule has 4 aliphatic rings. The van der Waals surface area contributed by atoms with Gasteiger partial charge in [0.05, 0.1) is 24.2 Å². The van der Waals surface area contributed by atoms with Gasteiger partial charge >= 0.3 is 0 Å². The molecule has 6 heterocycles. The first kappa shape index (κ1) is 44.5. The number of aliphatic hydroxyl groups excluding tert-OH is 2. The zero-order valence-electron chi connectivity index (χ0n) is 35.6. The summed E-state index contributed by atoms with van der Waals surface area (Å²) < 4.78 is 31.2. The topological polar surface area (TPSA) is 149 Å². The van der Waals surface area contributed by atoms with Gasteiger partial charge in [-0.1, -0.05) is 48.6 Å². The number of hydrogen-bond acceptors (Lipinski definition) is 8. The Bertz CT molecular complexity index is 2300. The molecule has 8 rings (SSSR count). The summed E-state index contributed by atoms with van der Waals surface area (Å²) in [5, 5.41) is 26.3. The molecule has 8 atom stereocenters. The number of rotatable bonds is 12. The molecule has 0 spiro atoms. The number of pyridine rings is 2. The van der Waals surface area contributed by atoms with Crippen molar-refractivity contribution < 1.29 is 28.6 Å². The molecule has 2 aromatic carbocycles. The van der Waals surface area contributed by atoms with E-state index in [0.29, 0.717) is 50.4 Å². The maximum atomic E-state index is 13.8. The standard InChI is InChI=1S/2C24H28FN3O3/c2*1-3-6-16-9-10-20-21-18(13-27(20)24(16)31)19(14-29)22(23(30)26-4-2)28(21)12-15-7-5-8-17(25)11-15/h2*3,5-11,18-19,21-22,29H,4,12-14H2,1-2H3,(H,26,30)/b6-3+;6-3-/t2*18-,19-,21+,22-/m11/s1. The molecule has 2 aromatic heterocycles. The average molecular weight is 851 g/mol. The fourth-order valence-corrected chi connectivity index (χ4v) is 10.5. The monoisotopic (exact) mass is 850 g/mol. The first-order chi connectivity index (χ1) is 30.0. The Morgan fingerprint density at radius 2 is 1.06 bits per heavy atom. The molecule has 12 nitrogen and oxygen atoms in total. The maximum absolute atomic E-state index is 13.8. The molecule has 2 saturated heterocycles. The highest BCUT2D eigenvalue weighted by Crippen LogP contribution is 2.51. The molecule has 4 aromatic rings. The molecule has 0 saturated carbocycles. The maximum Gasteiger partial charge on any atom is 0.258 e. The van der Waals surface area contributed by atoms with Crippen molar-refractivity contribution in [3.05, 3.63) is 151 Å². The summed E-state index contributed by atoms with van der Waals surface area (Å²) in [7, 11) is 0. The minimum Gasteiger partial charge on any atom is -0.396 e. The number of halogens is 2. The summed E-state index contributed by atoms with van der Waals surface area (Å²) in [6.07, 6.45) is 7.24. The number of likely N-dealkylation sites (tertiary alicyclic amines) is 2. The van der Waals surface area contributed by atoms with Crippen molar-refractivity contribution in [1.82, 2.24) is 29.6 Å². The summed E-state index contributed by atoms with van der Waals surface area (Å²) in [4.78, 5) is 56.1. The van der Waals surface area contributed by atoms with E-state index >= 15 is 0 Å². The van der Waals surface area contributed by atoms with Crippen LogP contribution >= 0.6 is 0 Å². The number of likely N-dealkylation sites (N-methyl/N-ethyl adjacent to an activating group) is 2. The van der Waals surface area contributed by atoms with E-state index in [4.69, 9.17) is 0 Å². The van der Waals surface area contributed by atoms with Gasteiger partial charge in [-0.2, -0.15) is 0 Å². The quantitative estimate of drug-likeness (QED) is 0.161. The van der Waals surface area contributed by atoms with Gasteiger partial charge in [-0.3, -0.25) is 29.0 Å². The number of fused-ring (bicyclic) bond motifs is 6. The molecule has 62 heavy (non-hydrogen) atoms. The van der Waals surface area contributed by atoms with Crippen LogP contribution in [-0.2, 0) is 35.8 Å². The van der Waals surface area contributed by atoms with Gasteiger partial charge in [0.15, 0.2) is 0 Å². The molecule has 0 bridgehead atoms. The van der Waals surface area contributed by atoms with Gasteiger partial charge in [0.1, 0.15) is 11.6 Å². The minimum atomic E-state index is -0.553. The molecule has 4 N–H and O–H groups in total. The molecule has 2 amide bonds. The Morgan fingerprint density at radius 1 is 0.661 bits per heavy atom. The number of aliphatic hydroxyl groups is 2. The van der Waals surface area contributed by atoms with Gasteiger partial charge in [0.2, 0.25) is 11.8 Å². The second kappa shape index (κ2) is 19.2. The predicted molar refractivity (Wildman–Crippen MR) is 233 cm³/mol. The number of nitrogens with zero attached hydrogens (tertiary/aromatic N) is 4. The summed E-state index contributed by atoms with van der Waals surface area (Å²) in [6.45, 7) is 9.70. The highest BCUT2D eigenvalue weighted by molar-refractivity contribution is 5.83. The van der Waals surface area contributed by atoms with Gasteiger partial charge < -0.3 is 30.0 Å². The Kier molecular flexibility index (Phi) is 13.8. The first-order valence-corrected chi connectivity index (χ1v) is 21.5. The summed E-state index contributed by atoms with van der Waals surface area (Å²) >= 11 is 0. The number of aromatic nitrogens is 2. The van der Waals surface area contributed by atoms with Gasteiger partial charge in [0, 0.05) is 98.7 Å². The average Bonchev–Trinajstić information content (AvgIpc) is 3.98. The fourth-order valence-electron chi connectivity index (χ4n) is 10.5. The van der Waals surface area contributed by atoms with Crippen LogP contribution in [0.2, 0.25) is 0 Å². The molecular formula is C48H56F2N6O6. The molecule has 0 aliphatic carbocycles. The van der Waals surface area contributed by atoms with E-state index in [1.807, 2.05) is 86.0 Å². The lowest BCUT2D eigenvalue weighted by molar-refractivity contribution is -0.128. The molecule has 4 aliphatic heterocycles. The van der Waals surface area contributed by atoms with Gasteiger partial charge in [0.25, 0.3) is 11.1 Å². The molecule has 0 radical (unpaired) electrons. The van der Waals surface area contributed by atoms with Crippen molar-refractivity contribution in [2.45, 2.75) is 78.0 Å². The Hall–Kier alpha value is -5.54. The summed E-state index contributed by atoms with van der Waals surface area (Å²) in [5.41, 5.74) is 4.27. The zero-order chi connectivity index (χ0) is 44.2. The number of allylic oxidation sites excluding steroid dienone is 2. The first-order valence-electron chi connectivity index (χ1n) is 21.5. The Labute approximate surface area is 360 Å². The molecule has 328 valence electrons. The summed E-state index contributed by atoms with van der Waals surface area (Å²) in [5.74, 6) is -1.77.